The molecule has 34 heavy (non-hydrogen) atoms. The molecule has 5 rings (SSSR count). The van der Waals surface area contributed by atoms with E-state index in [0.29, 0.717) is 24.6 Å². The van der Waals surface area contributed by atoms with Crippen LogP contribution in [-0.4, -0.2) is 62.2 Å². The molecule has 4 aromatic rings. The van der Waals surface area contributed by atoms with Gasteiger partial charge in [-0.3, -0.25) is 14.5 Å². The molecule has 1 aromatic carbocycles. The largest absolute Gasteiger partial charge is 0.368 e. The molecule has 174 valence electrons. The van der Waals surface area contributed by atoms with E-state index in [2.05, 4.69) is 30.3 Å². The number of nitrogens with zero attached hydrogens (tertiary/aromatic N) is 7. The molecule has 0 atom stereocenters. The SMILES string of the molecule is CC(C)n1ncc2ncc(-c3nc(Nc4ccc(N5CCN(C=O)CC5)cc4)ncc3F)cc21. The number of pyridine rings is 1. The summed E-state index contributed by atoms with van der Waals surface area (Å²) in [7, 11) is 0. The van der Waals surface area contributed by atoms with Crippen molar-refractivity contribution < 1.29 is 9.18 Å². The summed E-state index contributed by atoms with van der Waals surface area (Å²) >= 11 is 0. The van der Waals surface area contributed by atoms with Crippen molar-refractivity contribution in [3.63, 3.8) is 0 Å². The van der Waals surface area contributed by atoms with Gasteiger partial charge in [0.2, 0.25) is 12.4 Å². The van der Waals surface area contributed by atoms with Crippen molar-refractivity contribution in [2.45, 2.75) is 19.9 Å². The summed E-state index contributed by atoms with van der Waals surface area (Å²) in [5.41, 5.74) is 4.18. The maximum absolute atomic E-state index is 14.7. The highest BCUT2D eigenvalue weighted by Crippen LogP contribution is 2.27. The van der Waals surface area contributed by atoms with E-state index in [-0.39, 0.29) is 11.7 Å². The fourth-order valence-corrected chi connectivity index (χ4v) is 4.07. The third kappa shape index (κ3) is 4.26. The van der Waals surface area contributed by atoms with Gasteiger partial charge in [0.25, 0.3) is 0 Å². The lowest BCUT2D eigenvalue weighted by Gasteiger charge is -2.34. The minimum absolute atomic E-state index is 0.152. The number of halogens is 1. The van der Waals surface area contributed by atoms with Crippen LogP contribution in [0.25, 0.3) is 22.3 Å². The van der Waals surface area contributed by atoms with Gasteiger partial charge in [0.1, 0.15) is 11.2 Å². The molecule has 0 spiro atoms. The first kappa shape index (κ1) is 21.7. The molecule has 4 heterocycles. The zero-order valence-electron chi connectivity index (χ0n) is 19.0. The first-order chi connectivity index (χ1) is 16.5. The molecule has 0 saturated carbocycles. The number of piperazine rings is 1. The predicted molar refractivity (Wildman–Crippen MR) is 128 cm³/mol. The molecule has 9 nitrogen and oxygen atoms in total. The number of benzene rings is 1. The zero-order valence-corrected chi connectivity index (χ0v) is 19.0. The fraction of sp³-hybridized carbons (Fsp3) is 0.292. The van der Waals surface area contributed by atoms with Crippen LogP contribution in [0.15, 0.2) is 48.9 Å². The van der Waals surface area contributed by atoms with Gasteiger partial charge in [0, 0.05) is 55.4 Å². The number of amides is 1. The second-order valence-electron chi connectivity index (χ2n) is 8.50. The molecule has 0 bridgehead atoms. The van der Waals surface area contributed by atoms with Crippen molar-refractivity contribution in [2.24, 2.45) is 0 Å². The zero-order chi connectivity index (χ0) is 23.7. The second-order valence-corrected chi connectivity index (χ2v) is 8.50. The first-order valence-electron chi connectivity index (χ1n) is 11.2. The fourth-order valence-electron chi connectivity index (χ4n) is 4.07. The van der Waals surface area contributed by atoms with Crippen molar-refractivity contribution in [3.8, 4) is 11.3 Å². The van der Waals surface area contributed by atoms with Crippen molar-refractivity contribution >= 4 is 34.8 Å². The Labute approximate surface area is 196 Å². The minimum atomic E-state index is -0.521. The van der Waals surface area contributed by atoms with Gasteiger partial charge in [0.05, 0.1) is 17.9 Å². The van der Waals surface area contributed by atoms with Crippen LogP contribution >= 0.6 is 0 Å². The standard InChI is InChI=1S/C24H25FN8O/c1-16(2)33-22-11-17(12-26-21(22)14-28-33)23-20(25)13-27-24(30-23)29-18-3-5-19(6-4-18)32-9-7-31(15-34)8-10-32/h3-6,11-16H,7-10H2,1-2H3,(H,27,29,30). The Kier molecular flexibility index (Phi) is 5.79. The van der Waals surface area contributed by atoms with Crippen LogP contribution in [0.2, 0.25) is 0 Å². The monoisotopic (exact) mass is 460 g/mol. The average molecular weight is 461 g/mol. The van der Waals surface area contributed by atoms with Crippen molar-refractivity contribution in [1.29, 1.82) is 0 Å². The lowest BCUT2D eigenvalue weighted by atomic mass is 10.2. The van der Waals surface area contributed by atoms with Crippen molar-refractivity contribution in [3.05, 3.63) is 54.7 Å². The van der Waals surface area contributed by atoms with E-state index in [1.165, 1.54) is 0 Å². The number of rotatable bonds is 6. The molecule has 10 heteroatoms. The normalized spacial score (nSPS) is 14.1. The van der Waals surface area contributed by atoms with E-state index >= 15 is 0 Å². The molecule has 1 fully saturated rings. The van der Waals surface area contributed by atoms with Crippen molar-refractivity contribution in [1.82, 2.24) is 29.6 Å². The van der Waals surface area contributed by atoms with Gasteiger partial charge in [-0.25, -0.2) is 14.4 Å². The van der Waals surface area contributed by atoms with Crippen LogP contribution in [0.5, 0.6) is 0 Å². The smallest absolute Gasteiger partial charge is 0.227 e. The number of aromatic nitrogens is 5. The highest BCUT2D eigenvalue weighted by Gasteiger charge is 2.16. The molecule has 1 amide bonds. The Hall–Kier alpha value is -4.08. The van der Waals surface area contributed by atoms with Crippen LogP contribution in [0.1, 0.15) is 19.9 Å². The quantitative estimate of drug-likeness (QED) is 0.439. The maximum Gasteiger partial charge on any atom is 0.227 e. The summed E-state index contributed by atoms with van der Waals surface area (Å²) in [5.74, 6) is -0.228. The number of anilines is 3. The molecular formula is C24H25FN8O. The van der Waals surface area contributed by atoms with Crippen LogP contribution in [-0.2, 0) is 4.79 Å². The topological polar surface area (TPSA) is 92.1 Å². The second kappa shape index (κ2) is 9.05. The summed E-state index contributed by atoms with van der Waals surface area (Å²) in [6.07, 6.45) is 5.36. The van der Waals surface area contributed by atoms with E-state index in [1.54, 1.807) is 17.3 Å². The number of hydrogen-bond acceptors (Lipinski definition) is 7. The van der Waals surface area contributed by atoms with Gasteiger partial charge in [-0.2, -0.15) is 5.10 Å². The molecule has 1 aliphatic heterocycles. The minimum Gasteiger partial charge on any atom is -0.368 e. The number of carbonyl (C=O) groups excluding carboxylic acids is 1. The predicted octanol–water partition coefficient (Wildman–Crippen LogP) is 3.63. The van der Waals surface area contributed by atoms with Gasteiger partial charge in [-0.15, -0.1) is 0 Å². The van der Waals surface area contributed by atoms with E-state index < -0.39 is 5.82 Å². The highest BCUT2D eigenvalue weighted by molar-refractivity contribution is 5.80. The summed E-state index contributed by atoms with van der Waals surface area (Å²) in [5, 5.41) is 7.52. The molecule has 0 unspecified atom stereocenters. The van der Waals surface area contributed by atoms with Crippen LogP contribution in [0.3, 0.4) is 0 Å². The first-order valence-corrected chi connectivity index (χ1v) is 11.2. The van der Waals surface area contributed by atoms with Gasteiger partial charge in [-0.05, 0) is 44.2 Å². The van der Waals surface area contributed by atoms with Gasteiger partial charge < -0.3 is 15.1 Å². The summed E-state index contributed by atoms with van der Waals surface area (Å²) in [6.45, 7) is 7.09. The van der Waals surface area contributed by atoms with E-state index in [4.69, 9.17) is 0 Å². The summed E-state index contributed by atoms with van der Waals surface area (Å²) in [4.78, 5) is 27.9. The molecule has 1 N–H and O–H groups in total. The third-order valence-corrected chi connectivity index (χ3v) is 5.91. The number of nitrogens with one attached hydrogen (secondary N) is 1. The Morgan fingerprint density at radius 3 is 2.50 bits per heavy atom. The van der Waals surface area contributed by atoms with E-state index in [1.807, 2.05) is 48.9 Å². The summed E-state index contributed by atoms with van der Waals surface area (Å²) < 4.78 is 16.5. The average Bonchev–Trinajstić information content (AvgIpc) is 3.29. The van der Waals surface area contributed by atoms with E-state index in [9.17, 15) is 9.18 Å². The lowest BCUT2D eigenvalue weighted by molar-refractivity contribution is -0.118. The molecule has 1 aliphatic rings. The molecule has 3 aromatic heterocycles. The highest BCUT2D eigenvalue weighted by atomic mass is 19.1. The Morgan fingerprint density at radius 2 is 1.79 bits per heavy atom. The summed E-state index contributed by atoms with van der Waals surface area (Å²) in [6, 6.07) is 9.89. The molecule has 1 saturated heterocycles. The third-order valence-electron chi connectivity index (χ3n) is 5.91. The number of carbonyl (C=O) groups is 1. The Bertz CT molecular complexity index is 1310. The van der Waals surface area contributed by atoms with Crippen LogP contribution < -0.4 is 10.2 Å². The Morgan fingerprint density at radius 1 is 1.03 bits per heavy atom. The van der Waals surface area contributed by atoms with Crippen LogP contribution in [0, 0.1) is 5.82 Å². The maximum atomic E-state index is 14.7. The van der Waals surface area contributed by atoms with E-state index in [0.717, 1.165) is 48.1 Å². The molecule has 0 radical (unpaired) electrons. The van der Waals surface area contributed by atoms with Gasteiger partial charge in [0.15, 0.2) is 5.82 Å². The number of fused-ring (bicyclic) bond motifs is 1. The van der Waals surface area contributed by atoms with Gasteiger partial charge >= 0.3 is 0 Å². The Balaban J connectivity index is 1.36. The lowest BCUT2D eigenvalue weighted by Crippen LogP contribution is -2.45. The van der Waals surface area contributed by atoms with Crippen molar-refractivity contribution in [2.75, 3.05) is 36.4 Å². The number of hydrogen-bond donors (Lipinski definition) is 1. The van der Waals surface area contributed by atoms with Gasteiger partial charge in [-0.1, -0.05) is 0 Å². The van der Waals surface area contributed by atoms with Crippen LogP contribution in [0.4, 0.5) is 21.7 Å². The molecule has 0 aliphatic carbocycles. The molecular weight excluding hydrogens is 435 g/mol.